The smallest absolute Gasteiger partial charge is 0.0346 e. The molecule has 1 aliphatic rings. The molecule has 0 radical (unpaired) electrons. The van der Waals surface area contributed by atoms with Crippen LogP contribution < -0.4 is 5.73 Å². The summed E-state index contributed by atoms with van der Waals surface area (Å²) in [4.78, 5) is 0. The fourth-order valence-electron chi connectivity index (χ4n) is 2.30. The van der Waals surface area contributed by atoms with Crippen molar-refractivity contribution in [3.8, 4) is 0 Å². The van der Waals surface area contributed by atoms with Gasteiger partial charge in [-0.15, -0.1) is 0 Å². The molecule has 0 saturated heterocycles. The fourth-order valence-corrected chi connectivity index (χ4v) is 2.30. The van der Waals surface area contributed by atoms with E-state index >= 15 is 0 Å². The quantitative estimate of drug-likeness (QED) is 0.796. The van der Waals surface area contributed by atoms with E-state index in [1.54, 1.807) is 0 Å². The van der Waals surface area contributed by atoms with Crippen LogP contribution in [0.4, 0.5) is 0 Å². The Balaban J connectivity index is 2.08. The van der Waals surface area contributed by atoms with Gasteiger partial charge in [-0.2, -0.15) is 0 Å². The van der Waals surface area contributed by atoms with Gasteiger partial charge in [-0.25, -0.2) is 0 Å². The second-order valence-electron chi connectivity index (χ2n) is 5.52. The first-order valence-corrected chi connectivity index (χ1v) is 5.90. The van der Waals surface area contributed by atoms with Crippen LogP contribution in [0.5, 0.6) is 0 Å². The summed E-state index contributed by atoms with van der Waals surface area (Å²) in [7, 11) is 0. The van der Waals surface area contributed by atoms with E-state index in [0.717, 1.165) is 5.92 Å². The van der Waals surface area contributed by atoms with Crippen LogP contribution in [0.1, 0.15) is 44.7 Å². The first-order chi connectivity index (χ1) is 7.09. The third-order valence-electron chi connectivity index (χ3n) is 3.51. The molecule has 1 aromatic carbocycles. The predicted molar refractivity (Wildman–Crippen MR) is 64.5 cm³/mol. The molecule has 0 aromatic heterocycles. The molecule has 82 valence electrons. The van der Waals surface area contributed by atoms with Gasteiger partial charge in [0.15, 0.2) is 0 Å². The molecule has 1 unspecified atom stereocenters. The molecule has 0 aliphatic heterocycles. The van der Waals surface area contributed by atoms with Crippen molar-refractivity contribution in [2.24, 2.45) is 17.1 Å². The van der Waals surface area contributed by atoms with Gasteiger partial charge in [-0.05, 0) is 23.3 Å². The topological polar surface area (TPSA) is 26.0 Å². The van der Waals surface area contributed by atoms with Gasteiger partial charge < -0.3 is 5.73 Å². The second-order valence-corrected chi connectivity index (χ2v) is 5.52. The van der Waals surface area contributed by atoms with Gasteiger partial charge in [0, 0.05) is 6.04 Å². The van der Waals surface area contributed by atoms with Crippen LogP contribution in [-0.4, -0.2) is 0 Å². The summed E-state index contributed by atoms with van der Waals surface area (Å²) in [6, 6.07) is 10.6. The highest BCUT2D eigenvalue weighted by atomic mass is 14.7. The van der Waals surface area contributed by atoms with Gasteiger partial charge in [0.2, 0.25) is 0 Å². The van der Waals surface area contributed by atoms with Crippen molar-refractivity contribution < 1.29 is 0 Å². The first kappa shape index (κ1) is 10.7. The maximum Gasteiger partial charge on any atom is 0.0346 e. The van der Waals surface area contributed by atoms with Crippen LogP contribution in [-0.2, 0) is 0 Å². The SMILES string of the molecule is CC(C)(CC1CC1)C(N)c1ccccc1. The summed E-state index contributed by atoms with van der Waals surface area (Å²) in [5.41, 5.74) is 7.84. The maximum absolute atomic E-state index is 6.35. The van der Waals surface area contributed by atoms with Gasteiger partial charge in [0.1, 0.15) is 0 Å². The van der Waals surface area contributed by atoms with Crippen molar-refractivity contribution in [2.75, 3.05) is 0 Å². The van der Waals surface area contributed by atoms with Gasteiger partial charge in [-0.1, -0.05) is 57.0 Å². The molecule has 2 rings (SSSR count). The Hall–Kier alpha value is -0.820. The molecule has 1 aliphatic carbocycles. The van der Waals surface area contributed by atoms with Gasteiger partial charge in [0.05, 0.1) is 0 Å². The Morgan fingerprint density at radius 3 is 2.40 bits per heavy atom. The van der Waals surface area contributed by atoms with Crippen LogP contribution in [0.25, 0.3) is 0 Å². The third kappa shape index (κ3) is 2.60. The highest BCUT2D eigenvalue weighted by Crippen LogP contribution is 2.44. The molecule has 1 aromatic rings. The third-order valence-corrected chi connectivity index (χ3v) is 3.51. The lowest BCUT2D eigenvalue weighted by atomic mass is 9.77. The standard InChI is InChI=1S/C14H21N/c1-14(2,10-11-8-9-11)13(15)12-6-4-3-5-7-12/h3-7,11,13H,8-10,15H2,1-2H3. The number of benzene rings is 1. The first-order valence-electron chi connectivity index (χ1n) is 5.90. The minimum absolute atomic E-state index is 0.166. The molecule has 15 heavy (non-hydrogen) atoms. The molecular formula is C14H21N. The average Bonchev–Trinajstić information content (AvgIpc) is 3.01. The molecular weight excluding hydrogens is 182 g/mol. The van der Waals surface area contributed by atoms with Crippen LogP contribution in [0.2, 0.25) is 0 Å². The molecule has 1 nitrogen and oxygen atoms in total. The summed E-state index contributed by atoms with van der Waals surface area (Å²) in [5.74, 6) is 0.940. The van der Waals surface area contributed by atoms with Gasteiger partial charge in [-0.3, -0.25) is 0 Å². The van der Waals surface area contributed by atoms with Crippen molar-refractivity contribution in [1.82, 2.24) is 0 Å². The second kappa shape index (κ2) is 3.97. The highest BCUT2D eigenvalue weighted by molar-refractivity contribution is 5.20. The van der Waals surface area contributed by atoms with E-state index < -0.39 is 0 Å². The van der Waals surface area contributed by atoms with Crippen molar-refractivity contribution in [3.63, 3.8) is 0 Å². The van der Waals surface area contributed by atoms with Crippen molar-refractivity contribution in [3.05, 3.63) is 35.9 Å². The lowest BCUT2D eigenvalue weighted by Crippen LogP contribution is -2.29. The zero-order valence-electron chi connectivity index (χ0n) is 9.74. The maximum atomic E-state index is 6.35. The molecule has 0 heterocycles. The largest absolute Gasteiger partial charge is 0.324 e. The Morgan fingerprint density at radius 1 is 1.27 bits per heavy atom. The van der Waals surface area contributed by atoms with Crippen LogP contribution in [0.3, 0.4) is 0 Å². The Bertz CT molecular complexity index is 311. The number of hydrogen-bond acceptors (Lipinski definition) is 1. The molecule has 0 bridgehead atoms. The average molecular weight is 203 g/mol. The predicted octanol–water partition coefficient (Wildman–Crippen LogP) is 3.51. The number of hydrogen-bond donors (Lipinski definition) is 1. The van der Waals surface area contributed by atoms with Gasteiger partial charge >= 0.3 is 0 Å². The van der Waals surface area contributed by atoms with E-state index in [1.807, 2.05) is 6.07 Å². The zero-order valence-corrected chi connectivity index (χ0v) is 9.74. The summed E-state index contributed by atoms with van der Waals surface area (Å²) >= 11 is 0. The molecule has 1 saturated carbocycles. The molecule has 0 spiro atoms. The summed E-state index contributed by atoms with van der Waals surface area (Å²) in [5, 5.41) is 0. The minimum atomic E-state index is 0.166. The Labute approximate surface area is 92.7 Å². The fraction of sp³-hybridized carbons (Fsp3) is 0.571. The van der Waals surface area contributed by atoms with E-state index in [1.165, 1.54) is 24.8 Å². The van der Waals surface area contributed by atoms with Crippen LogP contribution in [0.15, 0.2) is 30.3 Å². The van der Waals surface area contributed by atoms with E-state index in [9.17, 15) is 0 Å². The number of nitrogens with two attached hydrogens (primary N) is 1. The number of rotatable bonds is 4. The van der Waals surface area contributed by atoms with Crippen molar-refractivity contribution >= 4 is 0 Å². The Morgan fingerprint density at radius 2 is 1.87 bits per heavy atom. The van der Waals surface area contributed by atoms with E-state index in [-0.39, 0.29) is 11.5 Å². The lowest BCUT2D eigenvalue weighted by Gasteiger charge is -2.32. The molecule has 1 fully saturated rings. The minimum Gasteiger partial charge on any atom is -0.324 e. The molecule has 1 atom stereocenters. The monoisotopic (exact) mass is 203 g/mol. The molecule has 1 heteroatoms. The van der Waals surface area contributed by atoms with E-state index in [0.29, 0.717) is 0 Å². The normalized spacial score (nSPS) is 18.9. The Kier molecular flexibility index (Phi) is 2.83. The van der Waals surface area contributed by atoms with Crippen LogP contribution in [0, 0.1) is 11.3 Å². The molecule has 2 N–H and O–H groups in total. The highest BCUT2D eigenvalue weighted by Gasteiger charge is 2.34. The van der Waals surface area contributed by atoms with Crippen molar-refractivity contribution in [2.45, 2.75) is 39.2 Å². The summed E-state index contributed by atoms with van der Waals surface area (Å²) < 4.78 is 0. The summed E-state index contributed by atoms with van der Waals surface area (Å²) in [6.45, 7) is 4.59. The van der Waals surface area contributed by atoms with Crippen LogP contribution >= 0.6 is 0 Å². The zero-order chi connectivity index (χ0) is 10.9. The van der Waals surface area contributed by atoms with Crippen molar-refractivity contribution in [1.29, 1.82) is 0 Å². The van der Waals surface area contributed by atoms with E-state index in [2.05, 4.69) is 38.1 Å². The van der Waals surface area contributed by atoms with E-state index in [4.69, 9.17) is 5.73 Å². The van der Waals surface area contributed by atoms with Gasteiger partial charge in [0.25, 0.3) is 0 Å². The molecule has 0 amide bonds. The summed E-state index contributed by atoms with van der Waals surface area (Å²) in [6.07, 6.45) is 4.08. The lowest BCUT2D eigenvalue weighted by molar-refractivity contribution is 0.251.